The molecule has 0 aliphatic heterocycles. The largest absolute Gasteiger partial charge is 0.273 e. The van der Waals surface area contributed by atoms with Crippen LogP contribution in [0.2, 0.25) is 5.02 Å². The summed E-state index contributed by atoms with van der Waals surface area (Å²) in [6.45, 7) is 1.96. The van der Waals surface area contributed by atoms with Crippen molar-refractivity contribution in [2.75, 3.05) is 0 Å². The van der Waals surface area contributed by atoms with Crippen molar-refractivity contribution < 1.29 is 4.39 Å². The monoisotopic (exact) mass is 282 g/mol. The minimum Gasteiger partial charge on any atom is -0.273 e. The molecule has 0 aliphatic carbocycles. The highest BCUT2D eigenvalue weighted by molar-refractivity contribution is 6.31. The second-order valence-corrected chi connectivity index (χ2v) is 4.85. The third kappa shape index (κ3) is 2.94. The van der Waals surface area contributed by atoms with Crippen LogP contribution in [0.3, 0.4) is 0 Å². The summed E-state index contributed by atoms with van der Waals surface area (Å²) < 4.78 is 15.2. The molecule has 0 saturated carbocycles. The maximum absolute atomic E-state index is 13.4. The molecular weight excluding hydrogens is 267 g/mol. The molecule has 1 unspecified atom stereocenters. The molecule has 1 aromatic heterocycles. The van der Waals surface area contributed by atoms with E-state index in [4.69, 9.17) is 17.4 Å². The van der Waals surface area contributed by atoms with Crippen molar-refractivity contribution >= 4 is 11.6 Å². The Hall–Kier alpha value is -1.43. The van der Waals surface area contributed by atoms with E-state index in [2.05, 4.69) is 10.5 Å². The van der Waals surface area contributed by atoms with E-state index < -0.39 is 5.82 Å². The lowest BCUT2D eigenvalue weighted by Crippen LogP contribution is -2.30. The van der Waals surface area contributed by atoms with E-state index in [0.29, 0.717) is 12.0 Å². The van der Waals surface area contributed by atoms with Gasteiger partial charge in [0, 0.05) is 12.7 Å². The van der Waals surface area contributed by atoms with Gasteiger partial charge in [-0.25, -0.2) is 4.39 Å². The Bertz CT molecular complexity index is 563. The second-order valence-electron chi connectivity index (χ2n) is 4.47. The van der Waals surface area contributed by atoms with Gasteiger partial charge >= 0.3 is 0 Å². The summed E-state index contributed by atoms with van der Waals surface area (Å²) in [6.07, 6.45) is 0.476. The molecule has 2 rings (SSSR count). The van der Waals surface area contributed by atoms with Crippen LogP contribution < -0.4 is 11.3 Å². The van der Waals surface area contributed by atoms with Gasteiger partial charge in [-0.05, 0) is 31.0 Å². The van der Waals surface area contributed by atoms with Crippen molar-refractivity contribution in [2.45, 2.75) is 19.4 Å². The molecule has 1 atom stereocenters. The van der Waals surface area contributed by atoms with Gasteiger partial charge < -0.3 is 0 Å². The number of aryl methyl sites for hydroxylation is 2. The van der Waals surface area contributed by atoms with Crippen LogP contribution in [0, 0.1) is 12.7 Å². The standard InChI is InChI=1S/C13H16ClFN4/c1-8-6-12(18-19(8)2)11(17-16)7-9-4-3-5-10(15)13(9)14/h3-6,11,17H,7,16H2,1-2H3. The predicted octanol–water partition coefficient (Wildman–Crippen LogP) is 2.27. The Morgan fingerprint density at radius 3 is 2.84 bits per heavy atom. The molecule has 1 heterocycles. The first kappa shape index (κ1) is 14.0. The normalized spacial score (nSPS) is 12.7. The lowest BCUT2D eigenvalue weighted by atomic mass is 10.0. The van der Waals surface area contributed by atoms with Crippen LogP contribution in [0.5, 0.6) is 0 Å². The predicted molar refractivity (Wildman–Crippen MR) is 73.1 cm³/mol. The molecule has 0 aliphatic rings. The number of nitrogens with zero attached hydrogens (tertiary/aromatic N) is 2. The summed E-state index contributed by atoms with van der Waals surface area (Å²) in [6, 6.07) is 6.48. The Morgan fingerprint density at radius 2 is 2.26 bits per heavy atom. The average molecular weight is 283 g/mol. The summed E-state index contributed by atoms with van der Waals surface area (Å²) in [5.41, 5.74) is 5.24. The number of halogens is 2. The van der Waals surface area contributed by atoms with Crippen LogP contribution in [0.4, 0.5) is 4.39 Å². The van der Waals surface area contributed by atoms with Crippen molar-refractivity contribution in [3.05, 3.63) is 52.1 Å². The second kappa shape index (κ2) is 5.69. The van der Waals surface area contributed by atoms with Crippen molar-refractivity contribution in [3.63, 3.8) is 0 Å². The molecule has 102 valence electrons. The molecule has 3 N–H and O–H groups in total. The smallest absolute Gasteiger partial charge is 0.142 e. The van der Waals surface area contributed by atoms with Crippen molar-refractivity contribution in [2.24, 2.45) is 12.9 Å². The number of nitrogens with two attached hydrogens (primary N) is 1. The van der Waals surface area contributed by atoms with Gasteiger partial charge in [0.05, 0.1) is 16.8 Å². The van der Waals surface area contributed by atoms with E-state index in [1.165, 1.54) is 6.07 Å². The van der Waals surface area contributed by atoms with E-state index >= 15 is 0 Å². The molecule has 0 amide bonds. The molecule has 0 spiro atoms. The molecule has 0 bridgehead atoms. The fraction of sp³-hybridized carbons (Fsp3) is 0.308. The van der Waals surface area contributed by atoms with Gasteiger partial charge in [0.1, 0.15) is 5.82 Å². The van der Waals surface area contributed by atoms with E-state index in [0.717, 1.165) is 11.4 Å². The van der Waals surface area contributed by atoms with E-state index in [1.807, 2.05) is 20.0 Å². The number of rotatable bonds is 4. The first-order valence-electron chi connectivity index (χ1n) is 5.92. The Kier molecular flexibility index (Phi) is 4.19. The van der Waals surface area contributed by atoms with Crippen LogP contribution in [0.1, 0.15) is 23.0 Å². The van der Waals surface area contributed by atoms with Crippen LogP contribution in [0.25, 0.3) is 0 Å². The SMILES string of the molecule is Cc1cc(C(Cc2cccc(F)c2Cl)NN)nn1C. The van der Waals surface area contributed by atoms with Gasteiger partial charge in [-0.3, -0.25) is 16.0 Å². The van der Waals surface area contributed by atoms with Crippen LogP contribution in [0.15, 0.2) is 24.3 Å². The zero-order chi connectivity index (χ0) is 14.0. The molecule has 4 nitrogen and oxygen atoms in total. The maximum atomic E-state index is 13.4. The Labute approximate surface area is 116 Å². The number of hydrogen-bond donors (Lipinski definition) is 2. The minimum absolute atomic E-state index is 0.135. The number of nitrogens with one attached hydrogen (secondary N) is 1. The first-order chi connectivity index (χ1) is 9.02. The Balaban J connectivity index is 2.26. The molecular formula is C13H16ClFN4. The molecule has 19 heavy (non-hydrogen) atoms. The number of aromatic nitrogens is 2. The minimum atomic E-state index is -0.424. The Morgan fingerprint density at radius 1 is 1.53 bits per heavy atom. The number of hydrazine groups is 1. The first-order valence-corrected chi connectivity index (χ1v) is 6.30. The van der Waals surface area contributed by atoms with Crippen LogP contribution in [-0.2, 0) is 13.5 Å². The highest BCUT2D eigenvalue weighted by Gasteiger charge is 2.17. The quantitative estimate of drug-likeness (QED) is 0.668. The molecule has 0 saturated heterocycles. The molecule has 2 aromatic rings. The lowest BCUT2D eigenvalue weighted by molar-refractivity contribution is 0.526. The van der Waals surface area contributed by atoms with Crippen molar-refractivity contribution in [1.29, 1.82) is 0 Å². The van der Waals surface area contributed by atoms with Crippen LogP contribution >= 0.6 is 11.6 Å². The van der Waals surface area contributed by atoms with Gasteiger partial charge in [0.25, 0.3) is 0 Å². The fourth-order valence-electron chi connectivity index (χ4n) is 1.93. The summed E-state index contributed by atoms with van der Waals surface area (Å²) in [7, 11) is 1.86. The fourth-order valence-corrected chi connectivity index (χ4v) is 2.14. The third-order valence-corrected chi connectivity index (χ3v) is 3.57. The van der Waals surface area contributed by atoms with Gasteiger partial charge in [-0.2, -0.15) is 5.10 Å². The van der Waals surface area contributed by atoms with Gasteiger partial charge in [-0.15, -0.1) is 0 Å². The number of hydrogen-bond acceptors (Lipinski definition) is 3. The van der Waals surface area contributed by atoms with E-state index in [-0.39, 0.29) is 11.1 Å². The lowest BCUT2D eigenvalue weighted by Gasteiger charge is -2.14. The zero-order valence-corrected chi connectivity index (χ0v) is 11.6. The summed E-state index contributed by atoms with van der Waals surface area (Å²) in [5.74, 6) is 5.14. The van der Waals surface area contributed by atoms with Gasteiger partial charge in [-0.1, -0.05) is 23.7 Å². The average Bonchev–Trinajstić information content (AvgIpc) is 2.71. The third-order valence-electron chi connectivity index (χ3n) is 3.15. The van der Waals surface area contributed by atoms with Gasteiger partial charge in [0.2, 0.25) is 0 Å². The van der Waals surface area contributed by atoms with E-state index in [9.17, 15) is 4.39 Å². The molecule has 6 heteroatoms. The van der Waals surface area contributed by atoms with Crippen molar-refractivity contribution in [3.8, 4) is 0 Å². The van der Waals surface area contributed by atoms with Gasteiger partial charge in [0.15, 0.2) is 0 Å². The topological polar surface area (TPSA) is 55.9 Å². The maximum Gasteiger partial charge on any atom is 0.142 e. The summed E-state index contributed by atoms with van der Waals surface area (Å²) in [4.78, 5) is 0. The highest BCUT2D eigenvalue weighted by atomic mass is 35.5. The van der Waals surface area contributed by atoms with E-state index in [1.54, 1.807) is 16.8 Å². The van der Waals surface area contributed by atoms with Crippen molar-refractivity contribution in [1.82, 2.24) is 15.2 Å². The van der Waals surface area contributed by atoms with Crippen LogP contribution in [-0.4, -0.2) is 9.78 Å². The number of benzene rings is 1. The molecule has 0 fully saturated rings. The molecule has 0 radical (unpaired) electrons. The summed E-state index contributed by atoms with van der Waals surface area (Å²) >= 11 is 5.95. The molecule has 1 aromatic carbocycles. The zero-order valence-electron chi connectivity index (χ0n) is 10.8. The highest BCUT2D eigenvalue weighted by Crippen LogP contribution is 2.25. The summed E-state index contributed by atoms with van der Waals surface area (Å²) in [5, 5.41) is 4.50.